The number of hydrogen-bond donors (Lipinski definition) is 3. The zero-order chi connectivity index (χ0) is 12.8. The van der Waals surface area contributed by atoms with Crippen LogP contribution in [-0.2, 0) is 6.42 Å². The highest BCUT2D eigenvalue weighted by molar-refractivity contribution is 5.92. The first kappa shape index (κ1) is 13.1. The minimum absolute atomic E-state index is 0.260. The van der Waals surface area contributed by atoms with Crippen LogP contribution < -0.4 is 0 Å². The van der Waals surface area contributed by atoms with Crippen molar-refractivity contribution in [1.82, 2.24) is 0 Å². The van der Waals surface area contributed by atoms with Crippen molar-refractivity contribution in [3.63, 3.8) is 0 Å². The topological polar surface area (TPSA) is 77.8 Å². The Morgan fingerprint density at radius 1 is 1.29 bits per heavy atom. The van der Waals surface area contributed by atoms with Crippen LogP contribution in [0.4, 0.5) is 0 Å². The van der Waals surface area contributed by atoms with Gasteiger partial charge in [0, 0.05) is 0 Å². The van der Waals surface area contributed by atoms with Crippen molar-refractivity contribution < 1.29 is 20.1 Å². The van der Waals surface area contributed by atoms with Crippen LogP contribution in [0.15, 0.2) is 24.8 Å². The Kier molecular flexibility index (Phi) is 4.57. The van der Waals surface area contributed by atoms with E-state index in [1.54, 1.807) is 0 Å². The van der Waals surface area contributed by atoms with Gasteiger partial charge < -0.3 is 15.3 Å². The van der Waals surface area contributed by atoms with Gasteiger partial charge in [-0.05, 0) is 43.4 Å². The fourth-order valence-electron chi connectivity index (χ4n) is 1.60. The average molecular weight is 236 g/mol. The second-order valence-electron chi connectivity index (χ2n) is 3.85. The molecule has 1 rings (SSSR count). The molecule has 0 radical (unpaired) electrons. The number of rotatable bonds is 6. The normalized spacial score (nSPS) is 10.1. The quantitative estimate of drug-likeness (QED) is 0.403. The van der Waals surface area contributed by atoms with Gasteiger partial charge in [-0.25, -0.2) is 4.79 Å². The van der Waals surface area contributed by atoms with Gasteiger partial charge in [0.2, 0.25) is 0 Å². The second-order valence-corrected chi connectivity index (χ2v) is 3.85. The molecule has 0 unspecified atom stereocenters. The van der Waals surface area contributed by atoms with E-state index in [4.69, 9.17) is 5.11 Å². The van der Waals surface area contributed by atoms with Gasteiger partial charge in [0.15, 0.2) is 11.5 Å². The van der Waals surface area contributed by atoms with Crippen molar-refractivity contribution in [3.8, 4) is 11.5 Å². The van der Waals surface area contributed by atoms with Crippen LogP contribution in [0.3, 0.4) is 0 Å². The predicted octanol–water partition coefficient (Wildman–Crippen LogP) is 2.69. The molecule has 0 fully saturated rings. The average Bonchev–Trinajstić information content (AvgIpc) is 2.28. The second kappa shape index (κ2) is 5.94. The Hall–Kier alpha value is -1.97. The number of allylic oxidation sites excluding steroid dienone is 1. The van der Waals surface area contributed by atoms with Gasteiger partial charge in [-0.3, -0.25) is 0 Å². The van der Waals surface area contributed by atoms with Crippen LogP contribution in [0.5, 0.6) is 11.5 Å². The zero-order valence-electron chi connectivity index (χ0n) is 9.52. The molecule has 0 heterocycles. The number of benzene rings is 1. The largest absolute Gasteiger partial charge is 0.504 e. The highest BCUT2D eigenvalue weighted by atomic mass is 16.4. The monoisotopic (exact) mass is 236 g/mol. The molecule has 0 amide bonds. The summed E-state index contributed by atoms with van der Waals surface area (Å²) in [5.74, 6) is -2.21. The van der Waals surface area contributed by atoms with E-state index in [1.165, 1.54) is 12.1 Å². The Labute approximate surface area is 99.8 Å². The molecule has 0 aliphatic heterocycles. The highest BCUT2D eigenvalue weighted by Crippen LogP contribution is 2.31. The number of unbranched alkanes of at least 4 members (excludes halogenated alkanes) is 2. The summed E-state index contributed by atoms with van der Waals surface area (Å²) in [6, 6.07) is 2.79. The third kappa shape index (κ3) is 3.52. The van der Waals surface area contributed by atoms with Crippen LogP contribution in [0.1, 0.15) is 35.2 Å². The molecule has 92 valence electrons. The zero-order valence-corrected chi connectivity index (χ0v) is 9.52. The smallest absolute Gasteiger partial charge is 0.339 e. The summed E-state index contributed by atoms with van der Waals surface area (Å²) in [6.07, 6.45) is 5.26. The Morgan fingerprint density at radius 2 is 2.00 bits per heavy atom. The molecule has 3 N–H and O–H groups in total. The van der Waals surface area contributed by atoms with Crippen LogP contribution in [-0.4, -0.2) is 21.3 Å². The molecule has 0 aliphatic rings. The number of carboxylic acids is 1. The van der Waals surface area contributed by atoms with Crippen LogP contribution in [0.25, 0.3) is 0 Å². The maximum atomic E-state index is 10.8. The Morgan fingerprint density at radius 3 is 2.59 bits per heavy atom. The van der Waals surface area contributed by atoms with Crippen molar-refractivity contribution >= 4 is 5.97 Å². The molecule has 0 spiro atoms. The lowest BCUT2D eigenvalue weighted by Crippen LogP contribution is -1.99. The molecule has 0 atom stereocenters. The van der Waals surface area contributed by atoms with Crippen molar-refractivity contribution in [3.05, 3.63) is 35.9 Å². The molecule has 0 aliphatic carbocycles. The van der Waals surface area contributed by atoms with Crippen molar-refractivity contribution in [2.45, 2.75) is 25.7 Å². The minimum Gasteiger partial charge on any atom is -0.504 e. The SMILES string of the molecule is C=CCCCCc1cc(O)c(O)c(C(=O)O)c1. The first-order valence-electron chi connectivity index (χ1n) is 5.45. The van der Waals surface area contributed by atoms with Gasteiger partial charge in [0.1, 0.15) is 5.56 Å². The number of aromatic hydroxyl groups is 2. The number of carboxylic acid groups (broad SMARTS) is 1. The molecule has 0 saturated carbocycles. The van der Waals surface area contributed by atoms with Crippen LogP contribution in [0.2, 0.25) is 0 Å². The Bertz CT molecular complexity index is 424. The summed E-state index contributed by atoms with van der Waals surface area (Å²) in [4.78, 5) is 10.8. The van der Waals surface area contributed by atoms with Crippen molar-refractivity contribution in [2.24, 2.45) is 0 Å². The van der Waals surface area contributed by atoms with Crippen molar-refractivity contribution in [1.29, 1.82) is 0 Å². The summed E-state index contributed by atoms with van der Waals surface area (Å²) >= 11 is 0. The van der Waals surface area contributed by atoms with Gasteiger partial charge in [-0.1, -0.05) is 6.08 Å². The summed E-state index contributed by atoms with van der Waals surface area (Å²) in [6.45, 7) is 3.62. The molecular formula is C13H16O4. The molecule has 17 heavy (non-hydrogen) atoms. The van der Waals surface area contributed by atoms with Gasteiger partial charge >= 0.3 is 5.97 Å². The molecule has 4 nitrogen and oxygen atoms in total. The maximum Gasteiger partial charge on any atom is 0.339 e. The van der Waals surface area contributed by atoms with Crippen LogP contribution in [0, 0.1) is 0 Å². The van der Waals surface area contributed by atoms with Gasteiger partial charge in [0.25, 0.3) is 0 Å². The molecule has 1 aromatic carbocycles. The van der Waals surface area contributed by atoms with E-state index in [0.29, 0.717) is 12.0 Å². The summed E-state index contributed by atoms with van der Waals surface area (Å²) in [7, 11) is 0. The first-order valence-corrected chi connectivity index (χ1v) is 5.45. The van der Waals surface area contributed by atoms with Gasteiger partial charge in [-0.15, -0.1) is 6.58 Å². The van der Waals surface area contributed by atoms with Gasteiger partial charge in [0.05, 0.1) is 0 Å². The number of aryl methyl sites for hydroxylation is 1. The molecule has 4 heteroatoms. The minimum atomic E-state index is -1.24. The Balaban J connectivity index is 2.80. The van der Waals surface area contributed by atoms with Crippen LogP contribution >= 0.6 is 0 Å². The third-order valence-corrected chi connectivity index (χ3v) is 2.50. The van der Waals surface area contributed by atoms with E-state index in [9.17, 15) is 15.0 Å². The van der Waals surface area contributed by atoms with E-state index >= 15 is 0 Å². The molecule has 1 aromatic rings. The number of aromatic carboxylic acids is 1. The van der Waals surface area contributed by atoms with E-state index in [0.717, 1.165) is 19.3 Å². The number of hydrogen-bond acceptors (Lipinski definition) is 3. The third-order valence-electron chi connectivity index (χ3n) is 2.50. The molecular weight excluding hydrogens is 220 g/mol. The van der Waals surface area contributed by atoms with E-state index in [-0.39, 0.29) is 11.3 Å². The lowest BCUT2D eigenvalue weighted by Gasteiger charge is -2.06. The summed E-state index contributed by atoms with van der Waals surface area (Å²) < 4.78 is 0. The maximum absolute atomic E-state index is 10.8. The fraction of sp³-hybridized carbons (Fsp3) is 0.308. The van der Waals surface area contributed by atoms with Gasteiger partial charge in [-0.2, -0.15) is 0 Å². The molecule has 0 bridgehead atoms. The predicted molar refractivity (Wildman–Crippen MR) is 64.5 cm³/mol. The summed E-state index contributed by atoms with van der Waals surface area (Å²) in [5.41, 5.74) is 0.450. The lowest BCUT2D eigenvalue weighted by molar-refractivity contribution is 0.0693. The number of phenols is 2. The number of phenolic OH excluding ortho intramolecular Hbond substituents is 1. The van der Waals surface area contributed by atoms with E-state index < -0.39 is 11.7 Å². The standard InChI is InChI=1S/C13H16O4/c1-2-3-4-5-6-9-7-10(13(16)17)12(15)11(14)8-9/h2,7-8,14-15H,1,3-6H2,(H,16,17). The molecule has 0 aromatic heterocycles. The summed E-state index contributed by atoms with van der Waals surface area (Å²) in [5, 5.41) is 27.6. The highest BCUT2D eigenvalue weighted by Gasteiger charge is 2.14. The van der Waals surface area contributed by atoms with E-state index in [2.05, 4.69) is 6.58 Å². The van der Waals surface area contributed by atoms with Crippen molar-refractivity contribution in [2.75, 3.05) is 0 Å². The molecule has 0 saturated heterocycles. The fourth-order valence-corrected chi connectivity index (χ4v) is 1.60. The van der Waals surface area contributed by atoms with E-state index in [1.807, 2.05) is 6.08 Å². The first-order chi connectivity index (χ1) is 8.06. The number of carbonyl (C=O) groups is 1. The lowest BCUT2D eigenvalue weighted by atomic mass is 10.0.